The summed E-state index contributed by atoms with van der Waals surface area (Å²) in [6.45, 7) is 4.85. The van der Waals surface area contributed by atoms with Crippen molar-refractivity contribution in [2.75, 3.05) is 19.5 Å². The van der Waals surface area contributed by atoms with Crippen LogP contribution in [0.3, 0.4) is 0 Å². The lowest BCUT2D eigenvalue weighted by atomic mass is 9.91. The maximum atomic E-state index is 13.9. The molecule has 0 fully saturated rings. The number of nitrogens with zero attached hydrogens (tertiary/aromatic N) is 5. The van der Waals surface area contributed by atoms with E-state index in [9.17, 15) is 9.18 Å². The number of aryl methyl sites for hydroxylation is 1. The van der Waals surface area contributed by atoms with Crippen molar-refractivity contribution in [2.24, 2.45) is 4.99 Å². The summed E-state index contributed by atoms with van der Waals surface area (Å²) in [5, 5.41) is 10.4. The number of fused-ring (bicyclic) bond motifs is 4. The minimum absolute atomic E-state index is 0.110. The maximum Gasteiger partial charge on any atom is 0.282 e. The van der Waals surface area contributed by atoms with E-state index in [0.29, 0.717) is 22.7 Å². The second-order valence-electron chi connectivity index (χ2n) is 9.02. The molecule has 1 amide bonds. The van der Waals surface area contributed by atoms with Crippen LogP contribution in [0.1, 0.15) is 40.7 Å². The number of hydroxylamine groups is 2. The van der Waals surface area contributed by atoms with Gasteiger partial charge in [0, 0.05) is 47.5 Å². The number of hydrogen-bond donors (Lipinski definition) is 2. The zero-order valence-corrected chi connectivity index (χ0v) is 21.0. The van der Waals surface area contributed by atoms with Gasteiger partial charge in [-0.3, -0.25) is 14.6 Å². The second kappa shape index (κ2) is 9.98. The van der Waals surface area contributed by atoms with Crippen LogP contribution in [-0.4, -0.2) is 57.5 Å². The number of nitrogens with one attached hydrogen (secondary N) is 2. The first-order valence-corrected chi connectivity index (χ1v) is 12.0. The lowest BCUT2D eigenvalue weighted by Crippen LogP contribution is -2.28. The number of para-hydroxylation sites is 1. The Morgan fingerprint density at radius 2 is 2.22 bits per heavy atom. The quantitative estimate of drug-likeness (QED) is 0.217. The fraction of sp³-hybridized carbons (Fsp3) is 0.259. The molecule has 9 nitrogen and oxygen atoms in total. The van der Waals surface area contributed by atoms with Crippen molar-refractivity contribution >= 4 is 40.6 Å². The summed E-state index contributed by atoms with van der Waals surface area (Å²) in [5.74, 6) is -0.180. The molecule has 2 N–H and O–H groups in total. The molecule has 10 heteroatoms. The highest BCUT2D eigenvalue weighted by molar-refractivity contribution is 5.99. The number of carbonyl (C=O) groups excluding carboxylic acids is 1. The third-order valence-electron chi connectivity index (χ3n) is 6.59. The van der Waals surface area contributed by atoms with Gasteiger partial charge < -0.3 is 10.3 Å². The Balaban J connectivity index is 1.58. The van der Waals surface area contributed by atoms with Crippen LogP contribution in [-0.2, 0) is 17.7 Å². The SMILES string of the molecule is C=N/C=C(\C=C(/C)F)c1cc(N[C@@H]2CCc3[nH]c4ccccc4c3C2)n2ncc(C(=O)N(C)OC)c2n1. The Bertz CT molecular complexity index is 1560. The maximum absolute atomic E-state index is 13.9. The Kier molecular flexibility index (Phi) is 6.58. The summed E-state index contributed by atoms with van der Waals surface area (Å²) < 4.78 is 15.5. The highest BCUT2D eigenvalue weighted by atomic mass is 19.1. The zero-order chi connectivity index (χ0) is 26.1. The Morgan fingerprint density at radius 3 is 2.97 bits per heavy atom. The summed E-state index contributed by atoms with van der Waals surface area (Å²) in [5.41, 5.74) is 5.12. The molecule has 3 aromatic heterocycles. The molecule has 0 saturated heterocycles. The van der Waals surface area contributed by atoms with Gasteiger partial charge in [0.25, 0.3) is 5.91 Å². The van der Waals surface area contributed by atoms with E-state index >= 15 is 0 Å². The van der Waals surface area contributed by atoms with Crippen LogP contribution in [0.4, 0.5) is 10.2 Å². The number of carbonyl (C=O) groups is 1. The predicted molar refractivity (Wildman–Crippen MR) is 142 cm³/mol. The number of aromatic amines is 1. The number of H-pyrrole nitrogens is 1. The molecule has 37 heavy (non-hydrogen) atoms. The van der Waals surface area contributed by atoms with Crippen LogP contribution in [0.2, 0.25) is 0 Å². The Morgan fingerprint density at radius 1 is 1.41 bits per heavy atom. The van der Waals surface area contributed by atoms with Gasteiger partial charge in [-0.25, -0.2) is 14.4 Å². The predicted octanol–water partition coefficient (Wildman–Crippen LogP) is 4.73. The van der Waals surface area contributed by atoms with Gasteiger partial charge in [0.2, 0.25) is 0 Å². The summed E-state index contributed by atoms with van der Waals surface area (Å²) >= 11 is 0. The Hall–Kier alpha value is -4.31. The molecule has 1 aliphatic rings. The van der Waals surface area contributed by atoms with Gasteiger partial charge in [-0.2, -0.15) is 9.61 Å². The minimum Gasteiger partial charge on any atom is -0.367 e. The first kappa shape index (κ1) is 24.4. The van der Waals surface area contributed by atoms with E-state index in [-0.39, 0.29) is 11.6 Å². The molecule has 1 aromatic carbocycles. The molecule has 1 atom stereocenters. The molecule has 0 bridgehead atoms. The third kappa shape index (κ3) is 4.63. The van der Waals surface area contributed by atoms with E-state index in [0.717, 1.165) is 29.8 Å². The van der Waals surface area contributed by atoms with Crippen molar-refractivity contribution in [3.63, 3.8) is 0 Å². The average molecular weight is 502 g/mol. The molecule has 4 aromatic rings. The van der Waals surface area contributed by atoms with E-state index in [4.69, 9.17) is 4.84 Å². The van der Waals surface area contributed by atoms with Crippen LogP contribution in [0.15, 0.2) is 59.6 Å². The van der Waals surface area contributed by atoms with Crippen molar-refractivity contribution in [1.82, 2.24) is 24.6 Å². The molecular formula is C27H28FN7O2. The van der Waals surface area contributed by atoms with Crippen molar-refractivity contribution in [1.29, 1.82) is 0 Å². The lowest BCUT2D eigenvalue weighted by Gasteiger charge is -2.25. The minimum atomic E-state index is -0.408. The third-order valence-corrected chi connectivity index (χ3v) is 6.59. The number of hydrogen-bond acceptors (Lipinski definition) is 6. The first-order valence-electron chi connectivity index (χ1n) is 12.0. The monoisotopic (exact) mass is 501 g/mol. The standard InChI is InChI=1S/C27H28FN7O2/c1-16(28)11-17(14-29-2)24-13-25(35-26(33-24)21(15-30-35)27(36)34(3)37-4)31-18-9-10-23-20(12-18)19-7-5-6-8-22(19)32-23/h5-8,11,13-15,18,31-32H,2,9-10,12H2,1,3-4H3/b16-11+,17-14+/t18-/m1/s1. The number of allylic oxidation sites excluding steroid dienone is 3. The first-order chi connectivity index (χ1) is 17.9. The smallest absolute Gasteiger partial charge is 0.282 e. The van der Waals surface area contributed by atoms with Gasteiger partial charge in [0.15, 0.2) is 5.65 Å². The highest BCUT2D eigenvalue weighted by Crippen LogP contribution is 2.31. The van der Waals surface area contributed by atoms with Crippen molar-refractivity contribution in [3.05, 3.63) is 77.1 Å². The van der Waals surface area contributed by atoms with Crippen LogP contribution in [0, 0.1) is 0 Å². The lowest BCUT2D eigenvalue weighted by molar-refractivity contribution is -0.0755. The number of amides is 1. The van der Waals surface area contributed by atoms with Crippen LogP contribution < -0.4 is 5.32 Å². The van der Waals surface area contributed by atoms with E-state index < -0.39 is 11.7 Å². The largest absolute Gasteiger partial charge is 0.367 e. The van der Waals surface area contributed by atoms with Gasteiger partial charge in [-0.15, -0.1) is 0 Å². The zero-order valence-electron chi connectivity index (χ0n) is 21.0. The summed E-state index contributed by atoms with van der Waals surface area (Å²) in [6, 6.07) is 10.2. The molecule has 0 unspecified atom stereocenters. The summed E-state index contributed by atoms with van der Waals surface area (Å²) in [7, 11) is 2.92. The normalized spacial score (nSPS) is 16.2. The molecular weight excluding hydrogens is 473 g/mol. The number of anilines is 1. The van der Waals surface area contributed by atoms with E-state index in [2.05, 4.69) is 44.2 Å². The van der Waals surface area contributed by atoms with Gasteiger partial charge in [0.05, 0.1) is 24.8 Å². The number of benzene rings is 1. The van der Waals surface area contributed by atoms with E-state index in [1.165, 1.54) is 56.2 Å². The fourth-order valence-corrected chi connectivity index (χ4v) is 4.81. The average Bonchev–Trinajstić information content (AvgIpc) is 3.49. The topological polar surface area (TPSA) is 99.9 Å². The number of aliphatic imine (C=N–C) groups is 1. The van der Waals surface area contributed by atoms with E-state index in [1.54, 1.807) is 10.6 Å². The molecule has 190 valence electrons. The van der Waals surface area contributed by atoms with Gasteiger partial charge in [0.1, 0.15) is 11.4 Å². The molecule has 0 aliphatic heterocycles. The van der Waals surface area contributed by atoms with Gasteiger partial charge in [-0.1, -0.05) is 18.2 Å². The molecule has 3 heterocycles. The van der Waals surface area contributed by atoms with Crippen LogP contribution in [0.25, 0.3) is 22.1 Å². The summed E-state index contributed by atoms with van der Waals surface area (Å²) in [6.07, 6.45) is 6.84. The molecule has 5 rings (SSSR count). The Labute approximate surface area is 213 Å². The van der Waals surface area contributed by atoms with E-state index in [1.807, 2.05) is 12.1 Å². The number of aromatic nitrogens is 4. The van der Waals surface area contributed by atoms with Crippen molar-refractivity contribution in [3.8, 4) is 0 Å². The molecule has 0 radical (unpaired) electrons. The van der Waals surface area contributed by atoms with Crippen molar-refractivity contribution < 1.29 is 14.0 Å². The van der Waals surface area contributed by atoms with Crippen molar-refractivity contribution in [2.45, 2.75) is 32.2 Å². The van der Waals surface area contributed by atoms with Gasteiger partial charge >= 0.3 is 0 Å². The summed E-state index contributed by atoms with van der Waals surface area (Å²) in [4.78, 5) is 30.0. The van der Waals surface area contributed by atoms with Gasteiger partial charge in [-0.05, 0) is 50.6 Å². The molecule has 0 saturated carbocycles. The molecule has 0 spiro atoms. The number of halogens is 1. The second-order valence-corrected chi connectivity index (χ2v) is 9.02. The highest BCUT2D eigenvalue weighted by Gasteiger charge is 2.25. The molecule has 1 aliphatic carbocycles. The van der Waals surface area contributed by atoms with Crippen LogP contribution in [0.5, 0.6) is 0 Å². The fourth-order valence-electron chi connectivity index (χ4n) is 4.81. The number of rotatable bonds is 7. The van der Waals surface area contributed by atoms with Crippen LogP contribution >= 0.6 is 0 Å².